The van der Waals surface area contributed by atoms with Gasteiger partial charge in [0.1, 0.15) is 11.6 Å². The second-order valence-electron chi connectivity index (χ2n) is 9.65. The number of para-hydroxylation sites is 1. The van der Waals surface area contributed by atoms with E-state index in [0.29, 0.717) is 39.6 Å². The Morgan fingerprint density at radius 1 is 1.08 bits per heavy atom. The molecule has 1 aromatic heterocycles. The van der Waals surface area contributed by atoms with Crippen LogP contribution in [0.25, 0.3) is 0 Å². The number of rotatable bonds is 8. The molecule has 2 aromatic carbocycles. The van der Waals surface area contributed by atoms with E-state index in [9.17, 15) is 18.0 Å². The molecule has 200 valence electrons. The first-order valence-corrected chi connectivity index (χ1v) is 13.8. The molecule has 2 heterocycles. The lowest BCUT2D eigenvalue weighted by atomic mass is 10.1. The van der Waals surface area contributed by atoms with E-state index in [1.807, 2.05) is 20.8 Å². The second-order valence-corrected chi connectivity index (χ2v) is 12.1. The number of fused-ring (bicyclic) bond motifs is 1. The molecule has 4 rings (SSSR count). The Kier molecular flexibility index (Phi) is 7.41. The highest BCUT2D eigenvalue weighted by atomic mass is 32.2. The number of ether oxygens (including phenoxy) is 1. The van der Waals surface area contributed by atoms with Gasteiger partial charge in [-0.15, -0.1) is 0 Å². The molecule has 0 aliphatic carbocycles. The minimum Gasteiger partial charge on any atom is -0.489 e. The number of anilines is 4. The Balaban J connectivity index is 1.70. The van der Waals surface area contributed by atoms with Crippen LogP contribution in [0, 0.1) is 6.92 Å². The van der Waals surface area contributed by atoms with Crippen molar-refractivity contribution in [3.8, 4) is 5.75 Å². The quantitative estimate of drug-likeness (QED) is 0.418. The van der Waals surface area contributed by atoms with Crippen molar-refractivity contribution in [1.29, 1.82) is 0 Å². The number of carbonyl (C=O) groups excluding carboxylic acids is 2. The van der Waals surface area contributed by atoms with Crippen LogP contribution in [0.15, 0.2) is 47.5 Å². The monoisotopic (exact) mass is 537 g/mol. The molecule has 2 amide bonds. The van der Waals surface area contributed by atoms with E-state index < -0.39 is 15.1 Å². The Morgan fingerprint density at radius 3 is 2.45 bits per heavy atom. The lowest BCUT2D eigenvalue weighted by molar-refractivity contribution is -0.126. The fourth-order valence-corrected chi connectivity index (χ4v) is 5.19. The van der Waals surface area contributed by atoms with Crippen molar-refractivity contribution in [3.05, 3.63) is 59.3 Å². The minimum atomic E-state index is -3.54. The first kappa shape index (κ1) is 27.1. The molecular formula is C27H31N5O5S. The van der Waals surface area contributed by atoms with Crippen molar-refractivity contribution >= 4 is 44.8 Å². The van der Waals surface area contributed by atoms with Crippen LogP contribution in [0.1, 0.15) is 56.1 Å². The third-order valence-electron chi connectivity index (χ3n) is 6.04. The third-order valence-corrected chi connectivity index (χ3v) is 8.25. The van der Waals surface area contributed by atoms with E-state index >= 15 is 0 Å². The van der Waals surface area contributed by atoms with Gasteiger partial charge in [0, 0.05) is 24.2 Å². The van der Waals surface area contributed by atoms with Crippen LogP contribution in [0.4, 0.5) is 23.1 Å². The average molecular weight is 538 g/mol. The van der Waals surface area contributed by atoms with E-state index in [-0.39, 0.29) is 35.3 Å². The number of amides is 2. The predicted molar refractivity (Wildman–Crippen MR) is 145 cm³/mol. The van der Waals surface area contributed by atoms with Gasteiger partial charge in [0.05, 0.1) is 34.2 Å². The molecule has 0 unspecified atom stereocenters. The van der Waals surface area contributed by atoms with Gasteiger partial charge in [-0.3, -0.25) is 14.5 Å². The second kappa shape index (κ2) is 10.4. The Labute approximate surface area is 222 Å². The van der Waals surface area contributed by atoms with Gasteiger partial charge in [0.15, 0.2) is 9.84 Å². The molecule has 2 N–H and O–H groups in total. The van der Waals surface area contributed by atoms with Gasteiger partial charge >= 0.3 is 0 Å². The zero-order valence-corrected chi connectivity index (χ0v) is 23.0. The van der Waals surface area contributed by atoms with Gasteiger partial charge in [-0.1, -0.05) is 12.1 Å². The van der Waals surface area contributed by atoms with Crippen LogP contribution in [-0.4, -0.2) is 46.5 Å². The summed E-state index contributed by atoms with van der Waals surface area (Å²) in [4.78, 5) is 35.0. The summed E-state index contributed by atoms with van der Waals surface area (Å²) in [5.74, 6) is 0.417. The number of carbonyl (C=O) groups is 2. The molecule has 1 aliphatic rings. The van der Waals surface area contributed by atoms with Gasteiger partial charge in [-0.2, -0.15) is 4.98 Å². The van der Waals surface area contributed by atoms with Crippen LogP contribution in [-0.2, 0) is 21.2 Å². The summed E-state index contributed by atoms with van der Waals surface area (Å²) < 4.78 is 31.8. The van der Waals surface area contributed by atoms with E-state index in [1.165, 1.54) is 11.8 Å². The molecule has 0 bridgehead atoms. The van der Waals surface area contributed by atoms with Crippen LogP contribution in [0.2, 0.25) is 0 Å². The van der Waals surface area contributed by atoms with Crippen molar-refractivity contribution < 1.29 is 22.7 Å². The fourth-order valence-electron chi connectivity index (χ4n) is 3.99. The summed E-state index contributed by atoms with van der Waals surface area (Å²) >= 11 is 0. The molecule has 0 saturated heterocycles. The van der Waals surface area contributed by atoms with Gasteiger partial charge in [0.25, 0.3) is 5.91 Å². The number of sulfone groups is 1. The lowest BCUT2D eigenvalue weighted by Crippen LogP contribution is -2.28. The third kappa shape index (κ3) is 5.33. The summed E-state index contributed by atoms with van der Waals surface area (Å²) in [7, 11) is -3.54. The van der Waals surface area contributed by atoms with Crippen LogP contribution in [0.3, 0.4) is 0 Å². The maximum Gasteiger partial charge on any atom is 0.261 e. The van der Waals surface area contributed by atoms with E-state index in [2.05, 4.69) is 20.6 Å². The van der Waals surface area contributed by atoms with Crippen molar-refractivity contribution in [2.75, 3.05) is 10.6 Å². The van der Waals surface area contributed by atoms with Gasteiger partial charge in [0.2, 0.25) is 11.9 Å². The normalized spacial score (nSPS) is 13.2. The van der Waals surface area contributed by atoms with Crippen molar-refractivity contribution in [1.82, 2.24) is 14.9 Å². The van der Waals surface area contributed by atoms with Crippen LogP contribution >= 0.6 is 0 Å². The van der Waals surface area contributed by atoms with Crippen molar-refractivity contribution in [3.63, 3.8) is 0 Å². The first-order chi connectivity index (χ1) is 17.9. The highest BCUT2D eigenvalue weighted by Crippen LogP contribution is 2.36. The summed E-state index contributed by atoms with van der Waals surface area (Å²) in [5.41, 5.74) is 2.67. The highest BCUT2D eigenvalue weighted by molar-refractivity contribution is 7.92. The molecule has 0 atom stereocenters. The zero-order valence-electron chi connectivity index (χ0n) is 22.2. The Morgan fingerprint density at radius 2 is 1.79 bits per heavy atom. The number of nitrogens with zero attached hydrogens (tertiary/aromatic N) is 3. The molecule has 1 aliphatic heterocycles. The molecule has 0 saturated carbocycles. The smallest absolute Gasteiger partial charge is 0.261 e. The van der Waals surface area contributed by atoms with Gasteiger partial charge in [-0.05, 0) is 64.4 Å². The Bertz CT molecular complexity index is 1520. The maximum atomic E-state index is 12.9. The highest BCUT2D eigenvalue weighted by Gasteiger charge is 2.32. The molecular weight excluding hydrogens is 506 g/mol. The summed E-state index contributed by atoms with van der Waals surface area (Å²) in [6, 6.07) is 10.1. The zero-order chi connectivity index (χ0) is 27.8. The van der Waals surface area contributed by atoms with E-state index in [4.69, 9.17) is 4.74 Å². The standard InChI is InChI=1S/C27H31N5O5S/c1-15(2)37-23-11-19-14-32(18(6)33)26(34)20(19)12-22(23)30-27-28-13-17(5)25(31-27)29-21-9-7-8-10-24(21)38(35,36)16(3)4/h7-13,15-16H,14H2,1-6H3,(H2,28,29,30,31). The lowest BCUT2D eigenvalue weighted by Gasteiger charge is -2.18. The summed E-state index contributed by atoms with van der Waals surface area (Å²) in [6.45, 7) is 10.4. The average Bonchev–Trinajstić information content (AvgIpc) is 3.16. The topological polar surface area (TPSA) is 131 Å². The minimum absolute atomic E-state index is 0.148. The molecule has 0 fully saturated rings. The number of aromatic nitrogens is 2. The maximum absolute atomic E-state index is 12.9. The number of imide groups is 1. The number of nitrogens with one attached hydrogen (secondary N) is 2. The molecule has 38 heavy (non-hydrogen) atoms. The van der Waals surface area contributed by atoms with Crippen LogP contribution in [0.5, 0.6) is 5.75 Å². The molecule has 11 heteroatoms. The molecule has 0 radical (unpaired) electrons. The van der Waals surface area contributed by atoms with Crippen LogP contribution < -0.4 is 15.4 Å². The molecule has 10 nitrogen and oxygen atoms in total. The number of aryl methyl sites for hydroxylation is 1. The van der Waals surface area contributed by atoms with Gasteiger partial charge in [-0.25, -0.2) is 13.4 Å². The number of hydrogen-bond donors (Lipinski definition) is 2. The number of hydrogen-bond acceptors (Lipinski definition) is 9. The molecule has 3 aromatic rings. The molecule has 0 spiro atoms. The number of benzene rings is 2. The van der Waals surface area contributed by atoms with E-state index in [0.717, 1.165) is 0 Å². The fraction of sp³-hybridized carbons (Fsp3) is 0.333. The van der Waals surface area contributed by atoms with Crippen molar-refractivity contribution in [2.24, 2.45) is 0 Å². The largest absolute Gasteiger partial charge is 0.489 e. The first-order valence-electron chi connectivity index (χ1n) is 12.2. The van der Waals surface area contributed by atoms with Crippen molar-refractivity contribution in [2.45, 2.75) is 64.3 Å². The van der Waals surface area contributed by atoms with E-state index in [1.54, 1.807) is 56.4 Å². The van der Waals surface area contributed by atoms with Gasteiger partial charge < -0.3 is 15.4 Å². The summed E-state index contributed by atoms with van der Waals surface area (Å²) in [6.07, 6.45) is 1.46. The Hall–Kier alpha value is -3.99. The predicted octanol–water partition coefficient (Wildman–Crippen LogP) is 4.74. The summed E-state index contributed by atoms with van der Waals surface area (Å²) in [5, 5.41) is 5.68. The SMILES string of the molecule is CC(=O)N1Cc2cc(OC(C)C)c(Nc3ncc(C)c(Nc4ccccc4S(=O)(=O)C(C)C)n3)cc2C1=O.